The number of carbonyl (C=O) groups is 1. The van der Waals surface area contributed by atoms with Crippen molar-refractivity contribution in [1.29, 1.82) is 0 Å². The summed E-state index contributed by atoms with van der Waals surface area (Å²) in [6.07, 6.45) is -0.172. The van der Waals surface area contributed by atoms with Crippen LogP contribution in [0, 0.1) is 10.1 Å². The second-order valence-corrected chi connectivity index (χ2v) is 6.90. The minimum atomic E-state index is -0.515. The lowest BCUT2D eigenvalue weighted by molar-refractivity contribution is -0.896. The summed E-state index contributed by atoms with van der Waals surface area (Å²) in [6.45, 7) is 2.79. The molecular weight excluding hydrogens is 378 g/mol. The van der Waals surface area contributed by atoms with Gasteiger partial charge in [-0.3, -0.25) is 14.9 Å². The third kappa shape index (κ3) is 4.75. The van der Waals surface area contributed by atoms with Crippen molar-refractivity contribution in [3.05, 3.63) is 52.6 Å². The fraction of sp³-hybridized carbons (Fsp3) is 0.350. The second kappa shape index (κ2) is 8.78. The van der Waals surface area contributed by atoms with Crippen LogP contribution in [-0.2, 0) is 4.79 Å². The van der Waals surface area contributed by atoms with E-state index < -0.39 is 11.0 Å². The van der Waals surface area contributed by atoms with E-state index >= 15 is 0 Å². The Labute approximate surface area is 168 Å². The van der Waals surface area contributed by atoms with Crippen LogP contribution in [0.4, 0.5) is 11.4 Å². The maximum atomic E-state index is 12.7. The Morgan fingerprint density at radius 1 is 1.34 bits per heavy atom. The van der Waals surface area contributed by atoms with Gasteiger partial charge < -0.3 is 24.4 Å². The number of fused-ring (bicyclic) bond motifs is 1. The molecule has 1 aliphatic rings. The third-order valence-electron chi connectivity index (χ3n) is 4.90. The van der Waals surface area contributed by atoms with Crippen LogP contribution in [0.1, 0.15) is 6.92 Å². The first-order chi connectivity index (χ1) is 13.9. The van der Waals surface area contributed by atoms with Crippen molar-refractivity contribution in [1.82, 2.24) is 0 Å². The fourth-order valence-electron chi connectivity index (χ4n) is 3.06. The summed E-state index contributed by atoms with van der Waals surface area (Å²) in [5, 5.41) is 13.7. The molecule has 1 unspecified atom stereocenters. The summed E-state index contributed by atoms with van der Waals surface area (Å²) in [6, 6.07) is 11.2. The lowest BCUT2D eigenvalue weighted by Gasteiger charge is -2.29. The molecule has 1 amide bonds. The SMILES string of the molecule is COc1cc([N+](=O)[O-])ccc1NC(=O)[C@@H](C)[NH+](C)C[C@@H]1COc2ccccc2O1. The summed E-state index contributed by atoms with van der Waals surface area (Å²) >= 11 is 0. The van der Waals surface area contributed by atoms with Crippen LogP contribution >= 0.6 is 0 Å². The average molecular weight is 402 g/mol. The number of nitrogens with zero attached hydrogens (tertiary/aromatic N) is 1. The first-order valence-corrected chi connectivity index (χ1v) is 9.23. The van der Waals surface area contributed by atoms with Crippen LogP contribution in [0.5, 0.6) is 17.2 Å². The van der Waals surface area contributed by atoms with E-state index in [0.29, 0.717) is 24.6 Å². The maximum absolute atomic E-state index is 12.7. The Morgan fingerprint density at radius 3 is 2.76 bits per heavy atom. The van der Waals surface area contributed by atoms with Crippen LogP contribution in [-0.4, -0.2) is 50.3 Å². The van der Waals surface area contributed by atoms with Crippen molar-refractivity contribution in [3.8, 4) is 17.2 Å². The smallest absolute Gasteiger partial charge is 0.282 e. The van der Waals surface area contributed by atoms with Gasteiger partial charge in [0.15, 0.2) is 23.6 Å². The van der Waals surface area contributed by atoms with E-state index in [2.05, 4.69) is 5.32 Å². The van der Waals surface area contributed by atoms with Gasteiger partial charge >= 0.3 is 0 Å². The van der Waals surface area contributed by atoms with Gasteiger partial charge in [0, 0.05) is 6.07 Å². The van der Waals surface area contributed by atoms with Gasteiger partial charge in [0.1, 0.15) is 18.9 Å². The van der Waals surface area contributed by atoms with Gasteiger partial charge in [-0.25, -0.2) is 0 Å². The molecule has 3 atom stereocenters. The predicted molar refractivity (Wildman–Crippen MR) is 106 cm³/mol. The lowest BCUT2D eigenvalue weighted by atomic mass is 10.2. The van der Waals surface area contributed by atoms with Gasteiger partial charge in [0.2, 0.25) is 0 Å². The summed E-state index contributed by atoms with van der Waals surface area (Å²) in [4.78, 5) is 24.0. The highest BCUT2D eigenvalue weighted by Crippen LogP contribution is 2.31. The summed E-state index contributed by atoms with van der Waals surface area (Å²) in [5.74, 6) is 1.42. The van der Waals surface area contributed by atoms with E-state index in [1.807, 2.05) is 31.3 Å². The number of hydrogen-bond donors (Lipinski definition) is 2. The number of benzene rings is 2. The molecule has 0 radical (unpaired) electrons. The average Bonchev–Trinajstić information content (AvgIpc) is 2.73. The van der Waals surface area contributed by atoms with Crippen molar-refractivity contribution in [2.45, 2.75) is 19.1 Å². The number of hydrogen-bond acceptors (Lipinski definition) is 6. The van der Waals surface area contributed by atoms with Gasteiger partial charge in [-0.2, -0.15) is 0 Å². The van der Waals surface area contributed by atoms with Crippen molar-refractivity contribution >= 4 is 17.3 Å². The number of anilines is 1. The third-order valence-corrected chi connectivity index (χ3v) is 4.90. The zero-order valence-electron chi connectivity index (χ0n) is 16.5. The quantitative estimate of drug-likeness (QED) is 0.534. The minimum Gasteiger partial charge on any atom is -0.494 e. The summed E-state index contributed by atoms with van der Waals surface area (Å²) < 4.78 is 16.9. The molecule has 3 rings (SSSR count). The first kappa shape index (κ1) is 20.4. The Balaban J connectivity index is 1.61. The molecule has 2 aromatic rings. The molecule has 0 aromatic heterocycles. The molecule has 2 N–H and O–H groups in total. The Hall–Kier alpha value is -3.33. The summed E-state index contributed by atoms with van der Waals surface area (Å²) in [5.41, 5.74) is 0.277. The molecule has 0 aliphatic carbocycles. The fourth-order valence-corrected chi connectivity index (χ4v) is 3.06. The number of nitro benzene ring substituents is 1. The van der Waals surface area contributed by atoms with Crippen LogP contribution in [0.15, 0.2) is 42.5 Å². The van der Waals surface area contributed by atoms with Crippen molar-refractivity contribution in [3.63, 3.8) is 0 Å². The molecular formula is C20H24N3O6+. The highest BCUT2D eigenvalue weighted by atomic mass is 16.6. The van der Waals surface area contributed by atoms with Gasteiger partial charge in [0.05, 0.1) is 30.8 Å². The Morgan fingerprint density at radius 2 is 2.07 bits per heavy atom. The van der Waals surface area contributed by atoms with Crippen LogP contribution in [0.25, 0.3) is 0 Å². The molecule has 0 fully saturated rings. The molecule has 9 heteroatoms. The topological polar surface area (TPSA) is 104 Å². The van der Waals surface area contributed by atoms with Crippen LogP contribution < -0.4 is 24.4 Å². The van der Waals surface area contributed by atoms with Crippen molar-refractivity contribution in [2.75, 3.05) is 32.6 Å². The van der Waals surface area contributed by atoms with E-state index in [9.17, 15) is 14.9 Å². The number of amides is 1. The molecule has 2 aromatic carbocycles. The second-order valence-electron chi connectivity index (χ2n) is 6.90. The van der Waals surface area contributed by atoms with Crippen molar-refractivity contribution in [2.24, 2.45) is 0 Å². The Kier molecular flexibility index (Phi) is 6.18. The van der Waals surface area contributed by atoms with Gasteiger partial charge in [-0.05, 0) is 25.1 Å². The molecule has 9 nitrogen and oxygen atoms in total. The first-order valence-electron chi connectivity index (χ1n) is 9.23. The molecule has 0 spiro atoms. The number of carbonyl (C=O) groups excluding carboxylic acids is 1. The molecule has 1 heterocycles. The number of ether oxygens (including phenoxy) is 3. The highest BCUT2D eigenvalue weighted by Gasteiger charge is 2.29. The lowest BCUT2D eigenvalue weighted by Crippen LogP contribution is -3.15. The van der Waals surface area contributed by atoms with Gasteiger partial charge in [-0.1, -0.05) is 12.1 Å². The molecule has 0 saturated heterocycles. The monoisotopic (exact) mass is 402 g/mol. The van der Waals surface area contributed by atoms with E-state index in [4.69, 9.17) is 14.2 Å². The van der Waals surface area contributed by atoms with Gasteiger partial charge in [0.25, 0.3) is 11.6 Å². The number of rotatable bonds is 7. The molecule has 154 valence electrons. The van der Waals surface area contributed by atoms with Gasteiger partial charge in [-0.15, -0.1) is 0 Å². The molecule has 29 heavy (non-hydrogen) atoms. The zero-order chi connectivity index (χ0) is 21.0. The number of nitro groups is 1. The summed E-state index contributed by atoms with van der Waals surface area (Å²) in [7, 11) is 3.30. The number of likely N-dealkylation sites (N-methyl/N-ethyl adjacent to an activating group) is 1. The Bertz CT molecular complexity index is 904. The van der Waals surface area contributed by atoms with Crippen LogP contribution in [0.3, 0.4) is 0 Å². The van der Waals surface area contributed by atoms with Crippen LogP contribution in [0.2, 0.25) is 0 Å². The standard InChI is InChI=1S/C20H23N3O6/c1-13(20(24)21-16-9-8-14(23(25)26)10-19(16)27-3)22(2)11-15-12-28-17-6-4-5-7-18(17)29-15/h4-10,13,15H,11-12H2,1-3H3,(H,21,24)/p+1/t13-,15-/m1/s1. The van der Waals surface area contributed by atoms with E-state index in [1.54, 1.807) is 6.92 Å². The number of quaternary nitrogens is 1. The number of para-hydroxylation sites is 2. The number of nitrogens with one attached hydrogen (secondary N) is 2. The zero-order valence-corrected chi connectivity index (χ0v) is 16.5. The number of non-ortho nitro benzene ring substituents is 1. The normalized spacial score (nSPS) is 17.1. The molecule has 1 aliphatic heterocycles. The maximum Gasteiger partial charge on any atom is 0.282 e. The molecule has 0 saturated carbocycles. The predicted octanol–water partition coefficient (Wildman–Crippen LogP) is 1.29. The minimum absolute atomic E-state index is 0.106. The number of methoxy groups -OCH3 is 1. The van der Waals surface area contributed by atoms with E-state index in [0.717, 1.165) is 10.6 Å². The van der Waals surface area contributed by atoms with E-state index in [-0.39, 0.29) is 23.4 Å². The largest absolute Gasteiger partial charge is 0.494 e. The molecule has 0 bridgehead atoms. The van der Waals surface area contributed by atoms with E-state index in [1.165, 1.54) is 25.3 Å². The highest BCUT2D eigenvalue weighted by molar-refractivity contribution is 5.95. The van der Waals surface area contributed by atoms with Crippen molar-refractivity contribution < 1.29 is 28.8 Å².